The summed E-state index contributed by atoms with van der Waals surface area (Å²) in [6, 6.07) is 8.34. The molecule has 1 aromatic carbocycles. The summed E-state index contributed by atoms with van der Waals surface area (Å²) in [7, 11) is 2.22. The van der Waals surface area contributed by atoms with Crippen LogP contribution in [-0.2, 0) is 0 Å². The summed E-state index contributed by atoms with van der Waals surface area (Å²) in [5, 5.41) is 0. The molecule has 0 aliphatic carbocycles. The molecule has 0 spiro atoms. The van der Waals surface area contributed by atoms with E-state index in [0.717, 1.165) is 31.1 Å². The van der Waals surface area contributed by atoms with Crippen LogP contribution in [0.4, 0.5) is 5.69 Å². The second-order valence-electron chi connectivity index (χ2n) is 5.60. The van der Waals surface area contributed by atoms with E-state index >= 15 is 0 Å². The lowest BCUT2D eigenvalue weighted by molar-refractivity contribution is 0.153. The van der Waals surface area contributed by atoms with E-state index in [9.17, 15) is 0 Å². The van der Waals surface area contributed by atoms with Gasteiger partial charge < -0.3 is 15.4 Å². The number of ether oxygens (including phenoxy) is 1. The van der Waals surface area contributed by atoms with Crippen LogP contribution in [0.15, 0.2) is 24.3 Å². The Hall–Kier alpha value is -1.26. The Bertz CT molecular complexity index is 410. The van der Waals surface area contributed by atoms with Gasteiger partial charge in [-0.3, -0.25) is 4.90 Å². The van der Waals surface area contributed by atoms with Crippen LogP contribution in [0.5, 0.6) is 5.75 Å². The van der Waals surface area contributed by atoms with Crippen molar-refractivity contribution in [3.63, 3.8) is 0 Å². The molecule has 1 aliphatic rings. The van der Waals surface area contributed by atoms with Crippen molar-refractivity contribution in [2.24, 2.45) is 0 Å². The Morgan fingerprint density at radius 1 is 1.30 bits per heavy atom. The fourth-order valence-corrected chi connectivity index (χ4v) is 2.86. The van der Waals surface area contributed by atoms with E-state index in [-0.39, 0.29) is 0 Å². The van der Waals surface area contributed by atoms with Crippen molar-refractivity contribution in [3.05, 3.63) is 24.3 Å². The van der Waals surface area contributed by atoms with Gasteiger partial charge in [-0.05, 0) is 45.1 Å². The molecule has 4 heteroatoms. The Balaban J connectivity index is 1.84. The minimum absolute atomic E-state index is 0.638. The molecule has 1 atom stereocenters. The highest BCUT2D eigenvalue weighted by molar-refractivity contribution is 5.51. The van der Waals surface area contributed by atoms with Crippen molar-refractivity contribution < 1.29 is 4.74 Å². The molecule has 0 bridgehead atoms. The number of benzene rings is 1. The highest BCUT2D eigenvalue weighted by Crippen LogP contribution is 2.20. The van der Waals surface area contributed by atoms with Crippen molar-refractivity contribution in [2.75, 3.05) is 45.6 Å². The van der Waals surface area contributed by atoms with Gasteiger partial charge in [-0.25, -0.2) is 0 Å². The smallest absolute Gasteiger partial charge is 0.142 e. The molecule has 0 amide bonds. The van der Waals surface area contributed by atoms with Crippen LogP contribution in [0.3, 0.4) is 0 Å². The van der Waals surface area contributed by atoms with E-state index in [2.05, 4.69) is 23.8 Å². The summed E-state index contributed by atoms with van der Waals surface area (Å²) >= 11 is 0. The van der Waals surface area contributed by atoms with E-state index < -0.39 is 0 Å². The quantitative estimate of drug-likeness (QED) is 0.837. The zero-order chi connectivity index (χ0) is 14.4. The van der Waals surface area contributed by atoms with Gasteiger partial charge in [0.2, 0.25) is 0 Å². The summed E-state index contributed by atoms with van der Waals surface area (Å²) in [6.07, 6.45) is 2.43. The average Bonchev–Trinajstić information content (AvgIpc) is 2.62. The first-order valence-electron chi connectivity index (χ1n) is 7.60. The molecule has 1 unspecified atom stereocenters. The second kappa shape index (κ2) is 7.50. The first-order valence-corrected chi connectivity index (χ1v) is 7.60. The van der Waals surface area contributed by atoms with Gasteiger partial charge >= 0.3 is 0 Å². The van der Waals surface area contributed by atoms with E-state index in [1.807, 2.05) is 24.3 Å². The van der Waals surface area contributed by atoms with Crippen molar-refractivity contribution >= 4 is 5.69 Å². The van der Waals surface area contributed by atoms with Crippen LogP contribution in [0.1, 0.15) is 19.8 Å². The number of likely N-dealkylation sites (N-methyl/N-ethyl adjacent to an activating group) is 1. The molecule has 0 saturated carbocycles. The molecular formula is C16H27N3O. The molecule has 1 fully saturated rings. The minimum Gasteiger partial charge on any atom is -0.490 e. The van der Waals surface area contributed by atoms with Crippen LogP contribution >= 0.6 is 0 Å². The number of para-hydroxylation sites is 2. The summed E-state index contributed by atoms with van der Waals surface area (Å²) in [6.45, 7) is 7.46. The molecule has 112 valence electrons. The van der Waals surface area contributed by atoms with Gasteiger partial charge in [-0.1, -0.05) is 19.1 Å². The summed E-state index contributed by atoms with van der Waals surface area (Å²) in [5.41, 5.74) is 6.61. The number of anilines is 1. The van der Waals surface area contributed by atoms with Crippen LogP contribution in [-0.4, -0.2) is 55.7 Å². The Kier molecular flexibility index (Phi) is 5.68. The number of hydrogen-bond acceptors (Lipinski definition) is 4. The van der Waals surface area contributed by atoms with Crippen molar-refractivity contribution in [2.45, 2.75) is 25.8 Å². The highest BCUT2D eigenvalue weighted by atomic mass is 16.5. The number of nitrogens with zero attached hydrogens (tertiary/aromatic N) is 2. The number of nitrogens with two attached hydrogens (primary N) is 1. The lowest BCUT2D eigenvalue weighted by Crippen LogP contribution is -2.41. The first kappa shape index (κ1) is 15.1. The summed E-state index contributed by atoms with van der Waals surface area (Å²) in [4.78, 5) is 4.99. The van der Waals surface area contributed by atoms with E-state index in [4.69, 9.17) is 10.5 Å². The third-order valence-corrected chi connectivity index (χ3v) is 4.05. The second-order valence-corrected chi connectivity index (χ2v) is 5.60. The fraction of sp³-hybridized carbons (Fsp3) is 0.625. The van der Waals surface area contributed by atoms with E-state index in [1.165, 1.54) is 19.4 Å². The third kappa shape index (κ3) is 4.12. The van der Waals surface area contributed by atoms with Crippen molar-refractivity contribution in [1.82, 2.24) is 9.80 Å². The zero-order valence-electron chi connectivity index (χ0n) is 12.7. The SMILES string of the molecule is CCC1CN(C)CCCN1CCOc1ccccc1N. The normalized spacial score (nSPS) is 21.6. The molecule has 2 rings (SSSR count). The topological polar surface area (TPSA) is 41.7 Å². The molecule has 2 N–H and O–H groups in total. The lowest BCUT2D eigenvalue weighted by atomic mass is 10.2. The minimum atomic E-state index is 0.638. The average molecular weight is 277 g/mol. The van der Waals surface area contributed by atoms with Gasteiger partial charge in [-0.2, -0.15) is 0 Å². The Morgan fingerprint density at radius 3 is 2.85 bits per heavy atom. The van der Waals surface area contributed by atoms with E-state index in [0.29, 0.717) is 12.6 Å². The molecule has 1 saturated heterocycles. The number of hydrogen-bond donors (Lipinski definition) is 1. The number of rotatable bonds is 5. The fourth-order valence-electron chi connectivity index (χ4n) is 2.86. The Labute approximate surface area is 122 Å². The third-order valence-electron chi connectivity index (χ3n) is 4.05. The standard InChI is InChI=1S/C16H27N3O/c1-3-14-13-18(2)9-6-10-19(14)11-12-20-16-8-5-4-7-15(16)17/h4-5,7-8,14H,3,6,9-13,17H2,1-2H3. The van der Waals surface area contributed by atoms with Crippen molar-refractivity contribution in [3.8, 4) is 5.75 Å². The molecule has 0 radical (unpaired) electrons. The molecular weight excluding hydrogens is 250 g/mol. The molecule has 4 nitrogen and oxygen atoms in total. The molecule has 1 aliphatic heterocycles. The maximum absolute atomic E-state index is 5.89. The van der Waals surface area contributed by atoms with Gasteiger partial charge in [0.05, 0.1) is 5.69 Å². The largest absolute Gasteiger partial charge is 0.490 e. The van der Waals surface area contributed by atoms with E-state index in [1.54, 1.807) is 0 Å². The van der Waals surface area contributed by atoms with Crippen molar-refractivity contribution in [1.29, 1.82) is 0 Å². The molecule has 1 aromatic rings. The monoisotopic (exact) mass is 277 g/mol. The van der Waals surface area contributed by atoms with Gasteiger partial charge in [0.1, 0.15) is 12.4 Å². The lowest BCUT2D eigenvalue weighted by Gasteiger charge is -2.30. The van der Waals surface area contributed by atoms with Crippen LogP contribution in [0, 0.1) is 0 Å². The van der Waals surface area contributed by atoms with Gasteiger partial charge in [0.25, 0.3) is 0 Å². The van der Waals surface area contributed by atoms with Gasteiger partial charge in [0, 0.05) is 19.1 Å². The van der Waals surface area contributed by atoms with Crippen LogP contribution in [0.25, 0.3) is 0 Å². The molecule has 1 heterocycles. The summed E-state index contributed by atoms with van der Waals surface area (Å²) < 4.78 is 5.82. The molecule has 0 aromatic heterocycles. The highest BCUT2D eigenvalue weighted by Gasteiger charge is 2.21. The van der Waals surface area contributed by atoms with Crippen LogP contribution < -0.4 is 10.5 Å². The van der Waals surface area contributed by atoms with Gasteiger partial charge in [-0.15, -0.1) is 0 Å². The Morgan fingerprint density at radius 2 is 2.10 bits per heavy atom. The predicted molar refractivity (Wildman–Crippen MR) is 84.1 cm³/mol. The first-order chi connectivity index (χ1) is 9.70. The predicted octanol–water partition coefficient (Wildman–Crippen LogP) is 2.06. The zero-order valence-corrected chi connectivity index (χ0v) is 12.7. The maximum atomic E-state index is 5.89. The molecule has 20 heavy (non-hydrogen) atoms. The maximum Gasteiger partial charge on any atom is 0.142 e. The number of nitrogen functional groups attached to an aromatic ring is 1. The van der Waals surface area contributed by atoms with Crippen LogP contribution in [0.2, 0.25) is 0 Å². The summed E-state index contributed by atoms with van der Waals surface area (Å²) in [5.74, 6) is 0.799. The van der Waals surface area contributed by atoms with Gasteiger partial charge in [0.15, 0.2) is 0 Å².